The van der Waals surface area contributed by atoms with Gasteiger partial charge >= 0.3 is 0 Å². The molecule has 0 nitrogen and oxygen atoms in total. The lowest BCUT2D eigenvalue weighted by Crippen LogP contribution is -2.00. The maximum Gasteiger partial charge on any atom is 0.0169 e. The first kappa shape index (κ1) is 8.45. The number of rotatable bonds is 0. The summed E-state index contributed by atoms with van der Waals surface area (Å²) < 4.78 is 0. The molecule has 0 bridgehead atoms. The van der Waals surface area contributed by atoms with Gasteiger partial charge in [0, 0.05) is 10.5 Å². The van der Waals surface area contributed by atoms with Gasteiger partial charge in [-0.1, -0.05) is 33.1 Å². The molecular weight excluding hydrogens is 140 g/mol. The molecule has 10 heavy (non-hydrogen) atoms. The van der Waals surface area contributed by atoms with Crippen molar-refractivity contribution in [2.24, 2.45) is 0 Å². The zero-order valence-electron chi connectivity index (χ0n) is 7.10. The molecule has 2 unspecified atom stereocenters. The van der Waals surface area contributed by atoms with Gasteiger partial charge in [0.05, 0.1) is 0 Å². The molecule has 1 saturated heterocycles. The molecule has 0 aromatic heterocycles. The maximum absolute atomic E-state index is 2.20. The molecule has 1 heteroatoms. The summed E-state index contributed by atoms with van der Waals surface area (Å²) in [5.41, 5.74) is 0. The van der Waals surface area contributed by atoms with E-state index in [1.165, 1.54) is 32.1 Å². The smallest absolute Gasteiger partial charge is 0.0169 e. The lowest BCUT2D eigenvalue weighted by molar-refractivity contribution is 0.571. The van der Waals surface area contributed by atoms with E-state index >= 15 is 0 Å². The van der Waals surface area contributed by atoms with Gasteiger partial charge in [-0.3, -0.25) is 0 Å². The highest BCUT2D eigenvalue weighted by atomic mass is 32.2. The van der Waals surface area contributed by atoms with Crippen molar-refractivity contribution in [2.75, 3.05) is 0 Å². The summed E-state index contributed by atoms with van der Waals surface area (Å²) in [6.45, 7) is 4.25. The van der Waals surface area contributed by atoms with Crippen molar-refractivity contribution in [1.82, 2.24) is 0 Å². The van der Waals surface area contributed by atoms with Crippen LogP contribution in [-0.2, 0) is 0 Å². The Balaban J connectivity index is 0.000000148. The molecule has 0 N–H and O–H groups in total. The monoisotopic (exact) mass is 158 g/mol. The van der Waals surface area contributed by atoms with Crippen molar-refractivity contribution >= 4 is 11.8 Å². The molecule has 0 amide bonds. The van der Waals surface area contributed by atoms with Gasteiger partial charge in [-0.15, -0.1) is 0 Å². The third-order valence-electron chi connectivity index (χ3n) is 1.91. The average molecular weight is 158 g/mol. The molecule has 1 aliphatic carbocycles. The maximum atomic E-state index is 2.20. The third-order valence-corrected chi connectivity index (χ3v) is 3.43. The number of fused-ring (bicyclic) bond motifs is 1. The van der Waals surface area contributed by atoms with Crippen LogP contribution in [0.1, 0.15) is 46.0 Å². The summed E-state index contributed by atoms with van der Waals surface area (Å²) in [6.07, 6.45) is 7.31. The zero-order chi connectivity index (χ0) is 7.40. The number of hydrogen-bond acceptors (Lipinski definition) is 1. The first-order chi connectivity index (χ1) is 4.88. The number of hydrogen-bond donors (Lipinski definition) is 0. The minimum absolute atomic E-state index is 1.12. The Morgan fingerprint density at radius 1 is 1.10 bits per heavy atom. The summed E-state index contributed by atoms with van der Waals surface area (Å²) in [5.74, 6) is 0. The largest absolute Gasteiger partial charge is 0.153 e. The van der Waals surface area contributed by atoms with Gasteiger partial charge in [0.25, 0.3) is 0 Å². The van der Waals surface area contributed by atoms with Gasteiger partial charge in [-0.2, -0.15) is 11.8 Å². The van der Waals surface area contributed by atoms with Crippen molar-refractivity contribution in [3.05, 3.63) is 0 Å². The molecule has 1 saturated carbocycles. The van der Waals surface area contributed by atoms with Crippen LogP contribution < -0.4 is 0 Å². The van der Waals surface area contributed by atoms with E-state index in [1.54, 1.807) is 0 Å². The van der Waals surface area contributed by atoms with E-state index in [0.29, 0.717) is 0 Å². The van der Waals surface area contributed by atoms with E-state index in [1.807, 2.05) is 0 Å². The molecule has 0 aromatic carbocycles. The Morgan fingerprint density at radius 3 is 1.80 bits per heavy atom. The second-order valence-electron chi connectivity index (χ2n) is 3.20. The predicted octanol–water partition coefficient (Wildman–Crippen LogP) is 3.46. The third kappa shape index (κ3) is 2.53. The Labute approximate surface area is 68.8 Å². The van der Waals surface area contributed by atoms with Crippen LogP contribution in [-0.4, -0.2) is 10.5 Å². The fraction of sp³-hybridized carbons (Fsp3) is 1.00. The normalized spacial score (nSPS) is 35.4. The molecule has 2 aliphatic rings. The molecule has 60 valence electrons. The van der Waals surface area contributed by atoms with Crippen LogP contribution in [0.3, 0.4) is 0 Å². The highest BCUT2D eigenvalue weighted by Crippen LogP contribution is 2.50. The standard InChI is InChI=1S/C6H10S.C3H8/c1-2-4-6-5(3-1)7-6;1-3-2/h5-6H,1-4H2;3H2,1-2H3. The average Bonchev–Trinajstić information content (AvgIpc) is 2.66. The van der Waals surface area contributed by atoms with E-state index in [2.05, 4.69) is 25.6 Å². The van der Waals surface area contributed by atoms with Gasteiger partial charge in [0.1, 0.15) is 0 Å². The number of thioether (sulfide) groups is 1. The summed E-state index contributed by atoms with van der Waals surface area (Å²) >= 11 is 2.20. The van der Waals surface area contributed by atoms with Crippen molar-refractivity contribution < 1.29 is 0 Å². The van der Waals surface area contributed by atoms with E-state index in [9.17, 15) is 0 Å². The van der Waals surface area contributed by atoms with Crippen molar-refractivity contribution in [2.45, 2.75) is 56.5 Å². The van der Waals surface area contributed by atoms with E-state index in [0.717, 1.165) is 10.5 Å². The molecular formula is C9H18S. The summed E-state index contributed by atoms with van der Waals surface area (Å²) in [5, 5.41) is 2.24. The Kier molecular flexibility index (Phi) is 3.61. The quantitative estimate of drug-likeness (QED) is 0.486. The molecule has 0 radical (unpaired) electrons. The summed E-state index contributed by atoms with van der Waals surface area (Å²) in [6, 6.07) is 0. The second kappa shape index (κ2) is 4.27. The lowest BCUT2D eigenvalue weighted by atomic mass is 10.0. The van der Waals surface area contributed by atoms with Gasteiger partial charge in [0.15, 0.2) is 0 Å². The van der Waals surface area contributed by atoms with Crippen molar-refractivity contribution in [1.29, 1.82) is 0 Å². The SMILES string of the molecule is C1CCC2SC2C1.CCC. The van der Waals surface area contributed by atoms with Gasteiger partial charge in [-0.25, -0.2) is 0 Å². The van der Waals surface area contributed by atoms with Crippen molar-refractivity contribution in [3.8, 4) is 0 Å². The summed E-state index contributed by atoms with van der Waals surface area (Å²) in [4.78, 5) is 0. The molecule has 1 heterocycles. The zero-order valence-corrected chi connectivity index (χ0v) is 7.91. The minimum atomic E-state index is 1.12. The topological polar surface area (TPSA) is 0 Å². The van der Waals surface area contributed by atoms with Crippen LogP contribution in [0.2, 0.25) is 0 Å². The highest BCUT2D eigenvalue weighted by molar-refractivity contribution is 8.07. The fourth-order valence-corrected chi connectivity index (χ4v) is 2.61. The first-order valence-corrected chi connectivity index (χ1v) is 5.48. The minimum Gasteiger partial charge on any atom is -0.153 e. The van der Waals surface area contributed by atoms with Crippen LogP contribution in [0, 0.1) is 0 Å². The van der Waals surface area contributed by atoms with Crippen LogP contribution in [0.15, 0.2) is 0 Å². The Hall–Kier alpha value is 0.350. The summed E-state index contributed by atoms with van der Waals surface area (Å²) in [7, 11) is 0. The molecule has 1 aliphatic heterocycles. The fourth-order valence-electron chi connectivity index (χ4n) is 1.38. The predicted molar refractivity (Wildman–Crippen MR) is 49.6 cm³/mol. The molecule has 0 spiro atoms. The van der Waals surface area contributed by atoms with Crippen LogP contribution in [0.25, 0.3) is 0 Å². The molecule has 2 rings (SSSR count). The molecule has 2 atom stereocenters. The van der Waals surface area contributed by atoms with Crippen molar-refractivity contribution in [3.63, 3.8) is 0 Å². The Bertz CT molecular complexity index is 80.7. The van der Waals surface area contributed by atoms with Crippen LogP contribution in [0.5, 0.6) is 0 Å². The highest BCUT2D eigenvalue weighted by Gasteiger charge is 2.39. The van der Waals surface area contributed by atoms with E-state index in [4.69, 9.17) is 0 Å². The van der Waals surface area contributed by atoms with E-state index in [-0.39, 0.29) is 0 Å². The molecule has 0 aromatic rings. The van der Waals surface area contributed by atoms with E-state index < -0.39 is 0 Å². The van der Waals surface area contributed by atoms with Gasteiger partial charge in [-0.05, 0) is 12.8 Å². The van der Waals surface area contributed by atoms with Gasteiger partial charge in [0.2, 0.25) is 0 Å². The lowest BCUT2D eigenvalue weighted by Gasteiger charge is -2.02. The van der Waals surface area contributed by atoms with Crippen LogP contribution >= 0.6 is 11.8 Å². The molecule has 2 fully saturated rings. The Morgan fingerprint density at radius 2 is 1.50 bits per heavy atom. The first-order valence-electron chi connectivity index (χ1n) is 4.54. The second-order valence-corrected chi connectivity index (χ2v) is 4.69. The van der Waals surface area contributed by atoms with Crippen LogP contribution in [0.4, 0.5) is 0 Å². The van der Waals surface area contributed by atoms with Gasteiger partial charge < -0.3 is 0 Å².